The van der Waals surface area contributed by atoms with Crippen LogP contribution in [0.15, 0.2) is 36.4 Å². The number of aromatic nitrogens is 2. The van der Waals surface area contributed by atoms with E-state index >= 15 is 0 Å². The average molecular weight is 343 g/mol. The Balaban J connectivity index is 1.80. The highest BCUT2D eigenvalue weighted by molar-refractivity contribution is 7.19. The van der Waals surface area contributed by atoms with E-state index < -0.39 is 11.5 Å². The maximum absolute atomic E-state index is 12.4. The molecule has 1 aliphatic heterocycles. The number of carbonyl (C=O) groups excluding carboxylic acids is 2. The molecule has 3 heterocycles. The number of aryl methyl sites for hydroxylation is 1. The molecule has 24 heavy (non-hydrogen) atoms. The van der Waals surface area contributed by atoms with Crippen molar-refractivity contribution in [3.8, 4) is 10.6 Å². The van der Waals surface area contributed by atoms with Crippen molar-refractivity contribution in [2.45, 2.75) is 32.8 Å². The van der Waals surface area contributed by atoms with Crippen LogP contribution in [0.4, 0.5) is 5.00 Å². The van der Waals surface area contributed by atoms with E-state index in [9.17, 15) is 9.59 Å². The van der Waals surface area contributed by atoms with Crippen molar-refractivity contribution in [1.82, 2.24) is 9.97 Å². The number of ketones is 1. The highest BCUT2D eigenvalue weighted by Crippen LogP contribution is 2.32. The molecule has 0 aromatic carbocycles. The van der Waals surface area contributed by atoms with Crippen LogP contribution in [-0.2, 0) is 14.3 Å². The van der Waals surface area contributed by atoms with E-state index in [4.69, 9.17) is 4.74 Å². The quantitative estimate of drug-likeness (QED) is 0.926. The van der Waals surface area contributed by atoms with E-state index in [1.807, 2.05) is 19.1 Å². The number of hydrogen-bond acceptors (Lipinski definition) is 6. The largest absolute Gasteiger partial charge is 0.481 e. The SMILES string of the molecule is Cc1nc(-c2cccnc2)sc1NC(=O)C1=CC(=O)CC(C)(C)O1. The summed E-state index contributed by atoms with van der Waals surface area (Å²) in [6, 6.07) is 3.74. The van der Waals surface area contributed by atoms with Crippen molar-refractivity contribution in [2.75, 3.05) is 5.32 Å². The molecule has 0 unspecified atom stereocenters. The van der Waals surface area contributed by atoms with Crippen molar-refractivity contribution in [1.29, 1.82) is 0 Å². The average Bonchev–Trinajstić information content (AvgIpc) is 2.87. The Bertz CT molecular complexity index is 825. The highest BCUT2D eigenvalue weighted by atomic mass is 32.1. The smallest absolute Gasteiger partial charge is 0.291 e. The van der Waals surface area contributed by atoms with Crippen LogP contribution in [-0.4, -0.2) is 27.3 Å². The number of anilines is 1. The fraction of sp³-hybridized carbons (Fsp3) is 0.294. The molecule has 3 rings (SSSR count). The lowest BCUT2D eigenvalue weighted by atomic mass is 9.98. The zero-order valence-corrected chi connectivity index (χ0v) is 14.4. The summed E-state index contributed by atoms with van der Waals surface area (Å²) in [4.78, 5) is 32.7. The molecule has 2 aromatic heterocycles. The molecule has 6 nitrogen and oxygen atoms in total. The molecule has 0 aliphatic carbocycles. The van der Waals surface area contributed by atoms with E-state index in [2.05, 4.69) is 15.3 Å². The van der Waals surface area contributed by atoms with Crippen LogP contribution in [0.1, 0.15) is 26.0 Å². The Morgan fingerprint density at radius 2 is 2.21 bits per heavy atom. The van der Waals surface area contributed by atoms with Crippen LogP contribution in [0.3, 0.4) is 0 Å². The summed E-state index contributed by atoms with van der Waals surface area (Å²) < 4.78 is 5.61. The molecule has 0 atom stereocenters. The zero-order chi connectivity index (χ0) is 17.3. The van der Waals surface area contributed by atoms with E-state index in [0.717, 1.165) is 10.6 Å². The third-order valence-corrected chi connectivity index (χ3v) is 4.56. The van der Waals surface area contributed by atoms with Gasteiger partial charge in [-0.25, -0.2) is 4.98 Å². The number of amides is 1. The van der Waals surface area contributed by atoms with Crippen LogP contribution < -0.4 is 5.32 Å². The minimum Gasteiger partial charge on any atom is -0.481 e. The van der Waals surface area contributed by atoms with Gasteiger partial charge in [0.05, 0.1) is 5.69 Å². The number of nitrogens with zero attached hydrogens (tertiary/aromatic N) is 2. The Kier molecular flexibility index (Phi) is 4.19. The summed E-state index contributed by atoms with van der Waals surface area (Å²) in [7, 11) is 0. The monoisotopic (exact) mass is 343 g/mol. The van der Waals surface area contributed by atoms with Crippen LogP contribution >= 0.6 is 11.3 Å². The number of pyridine rings is 1. The number of allylic oxidation sites excluding steroid dienone is 1. The molecule has 0 radical (unpaired) electrons. The number of thiazole rings is 1. The topological polar surface area (TPSA) is 81.2 Å². The van der Waals surface area contributed by atoms with Crippen molar-refractivity contribution >= 4 is 28.0 Å². The standard InChI is InChI=1S/C17H17N3O3S/c1-10-15(24-16(19-10)11-5-4-6-18-9-11)20-14(22)13-7-12(21)8-17(2,3)23-13/h4-7,9H,8H2,1-3H3,(H,20,22). The lowest BCUT2D eigenvalue weighted by Crippen LogP contribution is -2.34. The third kappa shape index (κ3) is 3.51. The predicted octanol–water partition coefficient (Wildman–Crippen LogP) is 3.10. The molecular weight excluding hydrogens is 326 g/mol. The predicted molar refractivity (Wildman–Crippen MR) is 91.6 cm³/mol. The lowest BCUT2D eigenvalue weighted by Gasteiger charge is -2.29. The van der Waals surface area contributed by atoms with Gasteiger partial charge in [0.2, 0.25) is 0 Å². The normalized spacial score (nSPS) is 16.3. The second-order valence-corrected chi connectivity index (χ2v) is 7.14. The number of hydrogen-bond donors (Lipinski definition) is 1. The summed E-state index contributed by atoms with van der Waals surface area (Å²) >= 11 is 1.35. The maximum atomic E-state index is 12.4. The van der Waals surface area contributed by atoms with E-state index in [1.54, 1.807) is 26.2 Å². The van der Waals surface area contributed by atoms with E-state index in [-0.39, 0.29) is 18.0 Å². The van der Waals surface area contributed by atoms with Crippen LogP contribution in [0.25, 0.3) is 10.6 Å². The molecule has 124 valence electrons. The number of rotatable bonds is 3. The third-order valence-electron chi connectivity index (χ3n) is 3.43. The second kappa shape index (κ2) is 6.16. The van der Waals surface area contributed by atoms with Gasteiger partial charge in [0.15, 0.2) is 11.5 Å². The number of nitrogens with one attached hydrogen (secondary N) is 1. The van der Waals surface area contributed by atoms with E-state index in [0.29, 0.717) is 10.7 Å². The Morgan fingerprint density at radius 3 is 2.88 bits per heavy atom. The van der Waals surface area contributed by atoms with E-state index in [1.165, 1.54) is 17.4 Å². The Hall–Kier alpha value is -2.54. The molecule has 0 bridgehead atoms. The number of ether oxygens (including phenoxy) is 1. The second-order valence-electron chi connectivity index (χ2n) is 6.14. The molecule has 7 heteroatoms. The fourth-order valence-corrected chi connectivity index (χ4v) is 3.33. The van der Waals surface area contributed by atoms with Gasteiger partial charge < -0.3 is 10.1 Å². The first kappa shape index (κ1) is 16.3. The van der Waals surface area contributed by atoms with Gasteiger partial charge >= 0.3 is 0 Å². The summed E-state index contributed by atoms with van der Waals surface area (Å²) in [6.45, 7) is 5.38. The van der Waals surface area contributed by atoms with Gasteiger partial charge in [-0.1, -0.05) is 11.3 Å². The molecule has 0 saturated heterocycles. The first-order valence-corrected chi connectivity index (χ1v) is 8.28. The first-order valence-electron chi connectivity index (χ1n) is 7.47. The molecule has 1 N–H and O–H groups in total. The minimum absolute atomic E-state index is 0.0342. The van der Waals surface area contributed by atoms with Gasteiger partial charge in [-0.2, -0.15) is 0 Å². The summed E-state index contributed by atoms with van der Waals surface area (Å²) in [5, 5.41) is 4.17. The summed E-state index contributed by atoms with van der Waals surface area (Å²) in [5.74, 6) is -0.527. The maximum Gasteiger partial charge on any atom is 0.291 e. The van der Waals surface area contributed by atoms with Crippen LogP contribution in [0.2, 0.25) is 0 Å². The zero-order valence-electron chi connectivity index (χ0n) is 13.6. The molecule has 2 aromatic rings. The van der Waals surface area contributed by atoms with Gasteiger partial charge in [0.1, 0.15) is 15.6 Å². The van der Waals surface area contributed by atoms with Crippen molar-refractivity contribution in [3.05, 3.63) is 42.1 Å². The molecule has 0 fully saturated rings. The van der Waals surface area contributed by atoms with Crippen molar-refractivity contribution in [3.63, 3.8) is 0 Å². The van der Waals surface area contributed by atoms with Crippen molar-refractivity contribution < 1.29 is 14.3 Å². The van der Waals surface area contributed by atoms with Gasteiger partial charge in [0, 0.05) is 30.5 Å². The summed E-state index contributed by atoms with van der Waals surface area (Å²) in [6.07, 6.45) is 4.92. The fourth-order valence-electron chi connectivity index (χ4n) is 2.38. The van der Waals surface area contributed by atoms with Crippen LogP contribution in [0, 0.1) is 6.92 Å². The van der Waals surface area contributed by atoms with Gasteiger partial charge in [-0.05, 0) is 32.9 Å². The minimum atomic E-state index is -0.678. The Morgan fingerprint density at radius 1 is 1.42 bits per heavy atom. The molecule has 0 spiro atoms. The highest BCUT2D eigenvalue weighted by Gasteiger charge is 2.32. The van der Waals surface area contributed by atoms with Crippen molar-refractivity contribution in [2.24, 2.45) is 0 Å². The molecule has 0 saturated carbocycles. The molecule has 1 aliphatic rings. The summed E-state index contributed by atoms with van der Waals surface area (Å²) in [5.41, 5.74) is 0.909. The molecular formula is C17H17N3O3S. The van der Waals surface area contributed by atoms with Crippen LogP contribution in [0.5, 0.6) is 0 Å². The molecule has 1 amide bonds. The lowest BCUT2D eigenvalue weighted by molar-refractivity contribution is -0.128. The first-order chi connectivity index (χ1) is 11.3. The van der Waals surface area contributed by atoms with Gasteiger partial charge in [0.25, 0.3) is 5.91 Å². The van der Waals surface area contributed by atoms with Gasteiger partial charge in [-0.3, -0.25) is 14.6 Å². The Labute approximate surface area is 143 Å². The number of carbonyl (C=O) groups is 2. The van der Waals surface area contributed by atoms with Gasteiger partial charge in [-0.15, -0.1) is 0 Å².